The molecule has 34 heavy (non-hydrogen) atoms. The minimum atomic E-state index is -4.53. The monoisotopic (exact) mass is 516 g/mol. The van der Waals surface area contributed by atoms with Crippen LogP contribution in [0.1, 0.15) is 34.3 Å². The number of methoxy groups -OCH3 is 1. The average Bonchev–Trinajstić information content (AvgIpc) is 2.77. The zero-order chi connectivity index (χ0) is 23.6. The first kappa shape index (κ1) is 26.7. The number of hydrogen-bond acceptors (Lipinski definition) is 5. The maximum absolute atomic E-state index is 13.6. The fourth-order valence-corrected chi connectivity index (χ4v) is 5.22. The zero-order valence-corrected chi connectivity index (χ0v) is 20.6. The summed E-state index contributed by atoms with van der Waals surface area (Å²) in [5.41, 5.74) is -0.417. The van der Waals surface area contributed by atoms with E-state index in [9.17, 15) is 18.0 Å². The third kappa shape index (κ3) is 5.32. The van der Waals surface area contributed by atoms with Gasteiger partial charge in [0.05, 0.1) is 43.0 Å². The van der Waals surface area contributed by atoms with Gasteiger partial charge in [0, 0.05) is 11.4 Å². The van der Waals surface area contributed by atoms with Gasteiger partial charge in [-0.05, 0) is 43.3 Å². The Labute approximate surface area is 207 Å². The summed E-state index contributed by atoms with van der Waals surface area (Å²) < 4.78 is 50.8. The largest absolute Gasteiger partial charge is 0.496 e. The summed E-state index contributed by atoms with van der Waals surface area (Å²) >= 11 is 1.09. The van der Waals surface area contributed by atoms with Gasteiger partial charge in [0.25, 0.3) is 5.91 Å². The molecule has 0 spiro atoms. The van der Waals surface area contributed by atoms with Crippen molar-refractivity contribution in [2.45, 2.75) is 35.5 Å². The number of piperidine rings is 1. The van der Waals surface area contributed by atoms with Crippen molar-refractivity contribution in [1.29, 1.82) is 0 Å². The molecule has 0 bridgehead atoms. The number of ether oxygens (including phenoxy) is 2. The van der Waals surface area contributed by atoms with E-state index in [1.165, 1.54) is 7.11 Å². The van der Waals surface area contributed by atoms with Gasteiger partial charge in [-0.25, -0.2) is 0 Å². The van der Waals surface area contributed by atoms with Gasteiger partial charge < -0.3 is 14.8 Å². The van der Waals surface area contributed by atoms with Crippen LogP contribution in [0.5, 0.6) is 5.75 Å². The topological polar surface area (TPSA) is 50.8 Å². The van der Waals surface area contributed by atoms with Crippen molar-refractivity contribution in [1.82, 2.24) is 10.2 Å². The molecule has 1 unspecified atom stereocenters. The number of benzene rings is 2. The van der Waals surface area contributed by atoms with Crippen LogP contribution in [0.2, 0.25) is 0 Å². The van der Waals surface area contributed by atoms with E-state index in [2.05, 4.69) is 10.2 Å². The molecule has 2 saturated heterocycles. The summed E-state index contributed by atoms with van der Waals surface area (Å²) in [7, 11) is 1.28. The number of rotatable bonds is 6. The molecule has 10 heteroatoms. The number of halogens is 4. The van der Waals surface area contributed by atoms with Crippen LogP contribution >= 0.6 is 24.2 Å². The predicted octanol–water partition coefficient (Wildman–Crippen LogP) is 4.98. The highest BCUT2D eigenvalue weighted by Crippen LogP contribution is 2.39. The molecule has 186 valence electrons. The van der Waals surface area contributed by atoms with Crippen LogP contribution in [0.4, 0.5) is 13.2 Å². The fraction of sp³-hybridized carbons (Fsp3) is 0.458. The van der Waals surface area contributed by atoms with E-state index < -0.39 is 23.2 Å². The minimum absolute atomic E-state index is 0. The van der Waals surface area contributed by atoms with Crippen molar-refractivity contribution in [2.24, 2.45) is 0 Å². The predicted molar refractivity (Wildman–Crippen MR) is 128 cm³/mol. The van der Waals surface area contributed by atoms with E-state index in [1.807, 2.05) is 30.3 Å². The maximum Gasteiger partial charge on any atom is 0.416 e. The van der Waals surface area contributed by atoms with Gasteiger partial charge in [-0.3, -0.25) is 9.69 Å². The number of nitrogens with one attached hydrogen (secondary N) is 1. The summed E-state index contributed by atoms with van der Waals surface area (Å²) in [6, 6.07) is 12.0. The van der Waals surface area contributed by atoms with Crippen molar-refractivity contribution in [3.8, 4) is 5.75 Å². The standard InChI is InChI=1S/C24H27F3N2O3S.ClH/c1-31-19-11-17(24(25,26)27)12-20(33-2)21(19)22(30)28-23(16-7-4-3-5-8-16)9-6-10-29(15-23)18-13-32-14-18;/h3-5,7-8,11-12,18H,6,9-10,13-15H2,1-2H3,(H,28,30);1H. The van der Waals surface area contributed by atoms with Crippen molar-refractivity contribution in [2.75, 3.05) is 39.7 Å². The molecule has 0 radical (unpaired) electrons. The minimum Gasteiger partial charge on any atom is -0.496 e. The first-order valence-corrected chi connectivity index (χ1v) is 12.0. The molecule has 0 aromatic heterocycles. The number of likely N-dealkylation sites (tertiary alicyclic amines) is 1. The third-order valence-corrected chi connectivity index (χ3v) is 7.16. The van der Waals surface area contributed by atoms with Gasteiger partial charge in [-0.2, -0.15) is 13.2 Å². The van der Waals surface area contributed by atoms with Crippen LogP contribution in [0.25, 0.3) is 0 Å². The highest BCUT2D eigenvalue weighted by Gasteiger charge is 2.43. The average molecular weight is 517 g/mol. The Kier molecular flexibility index (Phi) is 8.44. The Morgan fingerprint density at radius 1 is 1.24 bits per heavy atom. The van der Waals surface area contributed by atoms with E-state index in [1.54, 1.807) is 6.26 Å². The Morgan fingerprint density at radius 2 is 1.94 bits per heavy atom. The van der Waals surface area contributed by atoms with Crippen LogP contribution in [-0.4, -0.2) is 56.5 Å². The van der Waals surface area contributed by atoms with Crippen LogP contribution in [0.15, 0.2) is 47.4 Å². The van der Waals surface area contributed by atoms with E-state index in [-0.39, 0.29) is 28.6 Å². The number of thioether (sulfide) groups is 1. The molecule has 1 amide bonds. The van der Waals surface area contributed by atoms with Gasteiger partial charge in [0.1, 0.15) is 5.75 Å². The summed E-state index contributed by atoms with van der Waals surface area (Å²) in [6.07, 6.45) is -1.28. The third-order valence-electron chi connectivity index (χ3n) is 6.40. The molecular weight excluding hydrogens is 489 g/mol. The van der Waals surface area contributed by atoms with Gasteiger partial charge in [0.15, 0.2) is 0 Å². The maximum atomic E-state index is 13.6. The number of hydrogen-bond donors (Lipinski definition) is 1. The smallest absolute Gasteiger partial charge is 0.416 e. The first-order chi connectivity index (χ1) is 15.8. The van der Waals surface area contributed by atoms with Gasteiger partial charge in [0.2, 0.25) is 0 Å². The fourth-order valence-electron chi connectivity index (χ4n) is 4.58. The molecule has 5 nitrogen and oxygen atoms in total. The number of carbonyl (C=O) groups excluding carboxylic acids is 1. The first-order valence-electron chi connectivity index (χ1n) is 10.8. The molecule has 2 aromatic rings. The Morgan fingerprint density at radius 3 is 2.50 bits per heavy atom. The van der Waals surface area contributed by atoms with E-state index >= 15 is 0 Å². The molecule has 2 aliphatic rings. The van der Waals surface area contributed by atoms with Gasteiger partial charge in [-0.15, -0.1) is 24.2 Å². The van der Waals surface area contributed by atoms with Gasteiger partial charge >= 0.3 is 6.18 Å². The second kappa shape index (κ2) is 10.8. The summed E-state index contributed by atoms with van der Waals surface area (Å²) in [4.78, 5) is 16.2. The molecule has 1 N–H and O–H groups in total. The second-order valence-corrected chi connectivity index (χ2v) is 9.27. The van der Waals surface area contributed by atoms with E-state index in [4.69, 9.17) is 9.47 Å². The van der Waals surface area contributed by atoms with Gasteiger partial charge in [-0.1, -0.05) is 30.3 Å². The summed E-state index contributed by atoms with van der Waals surface area (Å²) in [6.45, 7) is 2.86. The number of alkyl halides is 3. The summed E-state index contributed by atoms with van der Waals surface area (Å²) in [5, 5.41) is 3.21. The lowest BCUT2D eigenvalue weighted by Gasteiger charge is -2.48. The van der Waals surface area contributed by atoms with Crippen LogP contribution in [-0.2, 0) is 16.5 Å². The molecule has 1 atom stereocenters. The number of amides is 1. The number of nitrogens with zero attached hydrogens (tertiary/aromatic N) is 1. The SMILES string of the molecule is COc1cc(C(F)(F)F)cc(SC)c1C(=O)NC1(c2ccccc2)CCCN(C2COC2)C1.Cl. The lowest BCUT2D eigenvalue weighted by molar-refractivity contribution is -0.137. The molecule has 4 rings (SSSR count). The lowest BCUT2D eigenvalue weighted by atomic mass is 9.81. The lowest BCUT2D eigenvalue weighted by Crippen LogP contribution is -2.61. The van der Waals surface area contributed by atoms with E-state index in [0.717, 1.165) is 48.8 Å². The van der Waals surface area contributed by atoms with Crippen LogP contribution in [0.3, 0.4) is 0 Å². The highest BCUT2D eigenvalue weighted by molar-refractivity contribution is 7.98. The van der Waals surface area contributed by atoms with Crippen LogP contribution in [0, 0.1) is 0 Å². The molecule has 2 aromatic carbocycles. The van der Waals surface area contributed by atoms with Crippen molar-refractivity contribution >= 4 is 30.1 Å². The molecule has 2 fully saturated rings. The molecule has 0 saturated carbocycles. The van der Waals surface area contributed by atoms with Crippen molar-refractivity contribution in [3.63, 3.8) is 0 Å². The van der Waals surface area contributed by atoms with Crippen molar-refractivity contribution in [3.05, 3.63) is 59.2 Å². The molecule has 2 heterocycles. The van der Waals surface area contributed by atoms with Crippen molar-refractivity contribution < 1.29 is 27.4 Å². The normalized spacial score (nSPS) is 21.3. The highest BCUT2D eigenvalue weighted by atomic mass is 35.5. The molecule has 0 aliphatic carbocycles. The summed E-state index contributed by atoms with van der Waals surface area (Å²) in [5.74, 6) is -0.532. The molecule has 2 aliphatic heterocycles. The Bertz CT molecular complexity index is 980. The Hall–Kier alpha value is -1.94. The second-order valence-electron chi connectivity index (χ2n) is 8.42. The number of carbonyl (C=O) groups is 1. The zero-order valence-electron chi connectivity index (χ0n) is 19.0. The Balaban J connectivity index is 0.00000324. The van der Waals surface area contributed by atoms with Crippen LogP contribution < -0.4 is 10.1 Å². The quantitative estimate of drug-likeness (QED) is 0.549. The van der Waals surface area contributed by atoms with E-state index in [0.29, 0.717) is 25.8 Å². The molecular formula is C24H28ClF3N2O3S.